The Labute approximate surface area is 107 Å². The number of hydrogen-bond donors (Lipinski definition) is 0. The van der Waals surface area contributed by atoms with Crippen LogP contribution in [-0.2, 0) is 19.0 Å². The predicted octanol–water partition coefficient (Wildman–Crippen LogP) is 2.01. The lowest BCUT2D eigenvalue weighted by molar-refractivity contribution is -0.160. The third kappa shape index (κ3) is 1.21. The van der Waals surface area contributed by atoms with Crippen LogP contribution in [0, 0.1) is 11.3 Å². The fourth-order valence-electron chi connectivity index (χ4n) is 4.50. The summed E-state index contributed by atoms with van der Waals surface area (Å²) >= 11 is 0. The van der Waals surface area contributed by atoms with Gasteiger partial charge in [0.05, 0.1) is 7.11 Å². The normalized spacial score (nSPS) is 50.1. The van der Waals surface area contributed by atoms with Gasteiger partial charge in [0, 0.05) is 0 Å². The van der Waals surface area contributed by atoms with Crippen LogP contribution in [0.25, 0.3) is 0 Å². The molecule has 4 fully saturated rings. The smallest absolute Gasteiger partial charge is 0.314 e. The molecule has 2 saturated carbocycles. The molecule has 0 N–H and O–H groups in total. The van der Waals surface area contributed by atoms with Crippen LogP contribution in [-0.4, -0.2) is 31.1 Å². The van der Waals surface area contributed by atoms with Crippen molar-refractivity contribution in [3.8, 4) is 0 Å². The fourth-order valence-corrected chi connectivity index (χ4v) is 4.50. The molecule has 2 saturated heterocycles. The Morgan fingerprint density at radius 2 is 1.94 bits per heavy atom. The van der Waals surface area contributed by atoms with Gasteiger partial charge in [0.25, 0.3) is 0 Å². The second kappa shape index (κ2) is 3.48. The summed E-state index contributed by atoms with van der Waals surface area (Å²) in [4.78, 5) is 12.4. The molecular weight excluding hydrogens is 232 g/mol. The average molecular weight is 252 g/mol. The zero-order valence-corrected chi connectivity index (χ0v) is 10.8. The summed E-state index contributed by atoms with van der Waals surface area (Å²) < 4.78 is 16.6. The number of methoxy groups -OCH3 is 1. The van der Waals surface area contributed by atoms with Crippen molar-refractivity contribution in [2.24, 2.45) is 11.3 Å². The molecule has 4 aliphatic rings. The maximum atomic E-state index is 12.4. The number of epoxide rings is 2. The van der Waals surface area contributed by atoms with E-state index in [9.17, 15) is 4.79 Å². The number of carbonyl (C=O) groups excluding carboxylic acids is 1. The minimum absolute atomic E-state index is 0.0284. The Balaban J connectivity index is 1.67. The lowest BCUT2D eigenvalue weighted by Crippen LogP contribution is -2.48. The third-order valence-electron chi connectivity index (χ3n) is 5.52. The quantitative estimate of drug-likeness (QED) is 0.557. The van der Waals surface area contributed by atoms with Crippen molar-refractivity contribution in [1.82, 2.24) is 0 Å². The number of ether oxygens (including phenoxy) is 3. The SMILES string of the molecule is COC(=O)C1(C2CCCCC2)CCC2OC23OC31. The van der Waals surface area contributed by atoms with Crippen LogP contribution in [0.5, 0.6) is 0 Å². The lowest BCUT2D eigenvalue weighted by Gasteiger charge is -2.40. The van der Waals surface area contributed by atoms with E-state index in [0.29, 0.717) is 5.92 Å². The maximum Gasteiger partial charge on any atom is 0.314 e. The van der Waals surface area contributed by atoms with Crippen LogP contribution in [0.2, 0.25) is 0 Å². The first-order valence-corrected chi connectivity index (χ1v) is 7.18. The molecular formula is C14H20O4. The first-order valence-electron chi connectivity index (χ1n) is 7.18. The maximum absolute atomic E-state index is 12.4. The molecule has 0 amide bonds. The highest BCUT2D eigenvalue weighted by Crippen LogP contribution is 2.70. The summed E-state index contributed by atoms with van der Waals surface area (Å²) in [5.41, 5.74) is -0.415. The molecule has 0 radical (unpaired) electrons. The van der Waals surface area contributed by atoms with Gasteiger partial charge in [0.1, 0.15) is 17.6 Å². The summed E-state index contributed by atoms with van der Waals surface area (Å²) in [5.74, 6) is -0.0115. The summed E-state index contributed by atoms with van der Waals surface area (Å²) in [6, 6.07) is 0. The van der Waals surface area contributed by atoms with Crippen LogP contribution in [0.3, 0.4) is 0 Å². The number of rotatable bonds is 2. The molecule has 1 spiro atoms. The van der Waals surface area contributed by atoms with E-state index < -0.39 is 5.41 Å². The summed E-state index contributed by atoms with van der Waals surface area (Å²) in [6.45, 7) is 0. The summed E-state index contributed by atoms with van der Waals surface area (Å²) in [6.07, 6.45) is 8.07. The van der Waals surface area contributed by atoms with Gasteiger partial charge in [-0.3, -0.25) is 4.79 Å². The Kier molecular flexibility index (Phi) is 2.17. The van der Waals surface area contributed by atoms with Crippen LogP contribution < -0.4 is 0 Å². The van der Waals surface area contributed by atoms with Gasteiger partial charge < -0.3 is 14.2 Å². The Morgan fingerprint density at radius 3 is 2.67 bits per heavy atom. The minimum atomic E-state index is -0.415. The van der Waals surface area contributed by atoms with Crippen LogP contribution in [0.15, 0.2) is 0 Å². The van der Waals surface area contributed by atoms with Gasteiger partial charge in [-0.1, -0.05) is 19.3 Å². The average Bonchev–Trinajstić information content (AvgIpc) is 3.30. The van der Waals surface area contributed by atoms with Crippen LogP contribution in [0.1, 0.15) is 44.9 Å². The van der Waals surface area contributed by atoms with Crippen molar-refractivity contribution in [1.29, 1.82) is 0 Å². The van der Waals surface area contributed by atoms with Crippen LogP contribution in [0.4, 0.5) is 0 Å². The van der Waals surface area contributed by atoms with E-state index in [2.05, 4.69) is 0 Å². The lowest BCUT2D eigenvalue weighted by atomic mass is 9.61. The van der Waals surface area contributed by atoms with Crippen molar-refractivity contribution < 1.29 is 19.0 Å². The second-order valence-corrected chi connectivity index (χ2v) is 6.23. The zero-order valence-electron chi connectivity index (χ0n) is 10.8. The fraction of sp³-hybridized carbons (Fsp3) is 0.929. The standard InChI is InChI=1S/C14H20O4/c1-16-12(15)13(9-5-3-2-4-6-9)8-7-10-14(17-10)11(13)18-14/h9-11H,2-8H2,1H3. The molecule has 18 heavy (non-hydrogen) atoms. The molecule has 0 aromatic heterocycles. The highest BCUT2D eigenvalue weighted by molar-refractivity contribution is 5.79. The number of hydrogen-bond acceptors (Lipinski definition) is 4. The molecule has 100 valence electrons. The highest BCUT2D eigenvalue weighted by Gasteiger charge is 2.86. The molecule has 4 atom stereocenters. The van der Waals surface area contributed by atoms with Gasteiger partial charge in [0.2, 0.25) is 5.79 Å². The van der Waals surface area contributed by atoms with Gasteiger partial charge in [-0.05, 0) is 31.6 Å². The highest BCUT2D eigenvalue weighted by atomic mass is 16.9. The first kappa shape index (κ1) is 11.2. The van der Waals surface area contributed by atoms with Crippen molar-refractivity contribution in [3.05, 3.63) is 0 Å². The topological polar surface area (TPSA) is 51.4 Å². The molecule has 2 aliphatic carbocycles. The van der Waals surface area contributed by atoms with Crippen molar-refractivity contribution >= 4 is 5.97 Å². The molecule has 4 heteroatoms. The molecule has 4 rings (SSSR count). The van der Waals surface area contributed by atoms with Gasteiger partial charge in [-0.15, -0.1) is 0 Å². The third-order valence-corrected chi connectivity index (χ3v) is 5.52. The summed E-state index contributed by atoms with van der Waals surface area (Å²) in [7, 11) is 1.50. The summed E-state index contributed by atoms with van der Waals surface area (Å²) in [5, 5.41) is 0. The van der Waals surface area contributed by atoms with E-state index >= 15 is 0 Å². The Bertz CT molecular complexity index is 389. The van der Waals surface area contributed by atoms with E-state index in [-0.39, 0.29) is 24.0 Å². The van der Waals surface area contributed by atoms with Gasteiger partial charge >= 0.3 is 5.97 Å². The number of esters is 1. The Hall–Kier alpha value is -0.610. The van der Waals surface area contributed by atoms with E-state index in [0.717, 1.165) is 25.7 Å². The monoisotopic (exact) mass is 252 g/mol. The number of carbonyl (C=O) groups is 1. The van der Waals surface area contributed by atoms with Gasteiger partial charge in [-0.25, -0.2) is 0 Å². The molecule has 0 aromatic carbocycles. The van der Waals surface area contributed by atoms with E-state index in [1.165, 1.54) is 26.4 Å². The van der Waals surface area contributed by atoms with Gasteiger partial charge in [0.15, 0.2) is 0 Å². The van der Waals surface area contributed by atoms with Gasteiger partial charge in [-0.2, -0.15) is 0 Å². The molecule has 2 heterocycles. The molecule has 0 aromatic rings. The predicted molar refractivity (Wildman–Crippen MR) is 62.7 cm³/mol. The molecule has 4 unspecified atom stereocenters. The van der Waals surface area contributed by atoms with E-state index in [4.69, 9.17) is 14.2 Å². The largest absolute Gasteiger partial charge is 0.469 e. The van der Waals surface area contributed by atoms with E-state index in [1.54, 1.807) is 0 Å². The first-order chi connectivity index (χ1) is 8.74. The Morgan fingerprint density at radius 1 is 1.17 bits per heavy atom. The molecule has 2 aliphatic heterocycles. The zero-order chi connectivity index (χ0) is 12.4. The minimum Gasteiger partial charge on any atom is -0.469 e. The van der Waals surface area contributed by atoms with Crippen LogP contribution >= 0.6 is 0 Å². The molecule has 4 nitrogen and oxygen atoms in total. The van der Waals surface area contributed by atoms with Crippen molar-refractivity contribution in [2.75, 3.05) is 7.11 Å². The van der Waals surface area contributed by atoms with Crippen molar-refractivity contribution in [2.45, 2.75) is 62.9 Å². The molecule has 0 bridgehead atoms. The second-order valence-electron chi connectivity index (χ2n) is 6.23. The van der Waals surface area contributed by atoms with E-state index in [1.807, 2.05) is 0 Å². The van der Waals surface area contributed by atoms with Crippen molar-refractivity contribution in [3.63, 3.8) is 0 Å².